The van der Waals surface area contributed by atoms with E-state index < -0.39 is 11.7 Å². The van der Waals surface area contributed by atoms with Crippen LogP contribution < -0.4 is 10.1 Å². The van der Waals surface area contributed by atoms with Gasteiger partial charge in [0.15, 0.2) is 0 Å². The molecule has 6 heteroatoms. The first-order valence-electron chi connectivity index (χ1n) is 5.81. The molecule has 1 atom stereocenters. The van der Waals surface area contributed by atoms with E-state index >= 15 is 0 Å². The van der Waals surface area contributed by atoms with Gasteiger partial charge in [0.25, 0.3) is 5.91 Å². The number of alkyl halides is 1. The van der Waals surface area contributed by atoms with Gasteiger partial charge in [0.05, 0.1) is 25.3 Å². The molecule has 1 aromatic rings. The number of amides is 1. The van der Waals surface area contributed by atoms with E-state index in [-0.39, 0.29) is 11.6 Å². The highest BCUT2D eigenvalue weighted by molar-refractivity contribution is 9.09. The fourth-order valence-electron chi connectivity index (χ4n) is 1.60. The van der Waals surface area contributed by atoms with E-state index in [1.54, 1.807) is 13.2 Å². The second-order valence-corrected chi connectivity index (χ2v) is 4.74. The second kappa shape index (κ2) is 8.12. The molecule has 106 valence electrons. The number of rotatable bonds is 7. The molecule has 0 bridgehead atoms. The SMILES string of the molecule is COCC(CCBr)NC(=O)c1ccc(OC)cc1F. The van der Waals surface area contributed by atoms with E-state index in [2.05, 4.69) is 21.2 Å². The Labute approximate surface area is 120 Å². The molecule has 0 heterocycles. The predicted octanol–water partition coefficient (Wildman–Crippen LogP) is 2.36. The maximum Gasteiger partial charge on any atom is 0.254 e. The monoisotopic (exact) mass is 333 g/mol. The van der Waals surface area contributed by atoms with Gasteiger partial charge in [-0.3, -0.25) is 4.79 Å². The zero-order valence-corrected chi connectivity index (χ0v) is 12.5. The van der Waals surface area contributed by atoms with Crippen LogP contribution in [0.1, 0.15) is 16.8 Å². The molecule has 0 aliphatic carbocycles. The molecular weight excluding hydrogens is 317 g/mol. The van der Waals surface area contributed by atoms with Crippen molar-refractivity contribution < 1.29 is 18.7 Å². The van der Waals surface area contributed by atoms with E-state index in [0.717, 1.165) is 5.33 Å². The molecule has 0 radical (unpaired) electrons. The quantitative estimate of drug-likeness (QED) is 0.779. The summed E-state index contributed by atoms with van der Waals surface area (Å²) in [6, 6.07) is 3.98. The minimum Gasteiger partial charge on any atom is -0.497 e. The van der Waals surface area contributed by atoms with Gasteiger partial charge in [0.2, 0.25) is 0 Å². The number of halogens is 2. The van der Waals surface area contributed by atoms with Crippen molar-refractivity contribution in [1.82, 2.24) is 5.32 Å². The van der Waals surface area contributed by atoms with Gasteiger partial charge in [-0.1, -0.05) is 15.9 Å². The lowest BCUT2D eigenvalue weighted by molar-refractivity contribution is 0.0891. The molecular formula is C13H17BrFNO3. The molecule has 1 N–H and O–H groups in total. The normalized spacial score (nSPS) is 12.0. The summed E-state index contributed by atoms with van der Waals surface area (Å²) in [7, 11) is 3.00. The van der Waals surface area contributed by atoms with E-state index in [4.69, 9.17) is 9.47 Å². The molecule has 0 fully saturated rings. The number of benzene rings is 1. The highest BCUT2D eigenvalue weighted by atomic mass is 79.9. The Hall–Kier alpha value is -1.14. The Morgan fingerprint density at radius 3 is 2.74 bits per heavy atom. The standard InChI is InChI=1S/C13H17BrFNO3/c1-18-8-9(5-6-14)16-13(17)11-4-3-10(19-2)7-12(11)15/h3-4,7,9H,5-6,8H2,1-2H3,(H,16,17). The Balaban J connectivity index is 2.76. The number of carbonyl (C=O) groups excluding carboxylic acids is 1. The maximum absolute atomic E-state index is 13.7. The molecule has 19 heavy (non-hydrogen) atoms. The van der Waals surface area contributed by atoms with Gasteiger partial charge in [-0.25, -0.2) is 4.39 Å². The fourth-order valence-corrected chi connectivity index (χ4v) is 2.15. The van der Waals surface area contributed by atoms with E-state index in [1.807, 2.05) is 0 Å². The zero-order chi connectivity index (χ0) is 14.3. The van der Waals surface area contributed by atoms with Crippen molar-refractivity contribution in [2.45, 2.75) is 12.5 Å². The fraction of sp³-hybridized carbons (Fsp3) is 0.462. The molecule has 0 aliphatic heterocycles. The van der Waals surface area contributed by atoms with Crippen LogP contribution in [0, 0.1) is 5.82 Å². The van der Waals surface area contributed by atoms with Gasteiger partial charge in [-0.05, 0) is 18.6 Å². The molecule has 0 aromatic heterocycles. The third-order valence-corrected chi connectivity index (χ3v) is 3.04. The third-order valence-electron chi connectivity index (χ3n) is 2.58. The summed E-state index contributed by atoms with van der Waals surface area (Å²) < 4.78 is 23.6. The third kappa shape index (κ3) is 4.80. The van der Waals surface area contributed by atoms with Gasteiger partial charge in [-0.2, -0.15) is 0 Å². The average Bonchev–Trinajstić information content (AvgIpc) is 2.38. The van der Waals surface area contributed by atoms with Crippen LogP contribution in [-0.2, 0) is 4.74 Å². The van der Waals surface area contributed by atoms with Crippen molar-refractivity contribution in [3.8, 4) is 5.75 Å². The Morgan fingerprint density at radius 2 is 2.21 bits per heavy atom. The first-order chi connectivity index (χ1) is 9.12. The van der Waals surface area contributed by atoms with Crippen LogP contribution in [0.5, 0.6) is 5.75 Å². The summed E-state index contributed by atoms with van der Waals surface area (Å²) in [5.41, 5.74) is -0.00326. The first kappa shape index (κ1) is 15.9. The Kier molecular flexibility index (Phi) is 6.80. The van der Waals surface area contributed by atoms with E-state index in [0.29, 0.717) is 18.8 Å². The van der Waals surface area contributed by atoms with Crippen molar-refractivity contribution in [1.29, 1.82) is 0 Å². The molecule has 1 unspecified atom stereocenters. The summed E-state index contributed by atoms with van der Waals surface area (Å²) in [5, 5.41) is 3.47. The summed E-state index contributed by atoms with van der Waals surface area (Å²) >= 11 is 3.30. The van der Waals surface area contributed by atoms with E-state index in [9.17, 15) is 9.18 Å². The molecule has 0 saturated heterocycles. The highest BCUT2D eigenvalue weighted by Crippen LogP contribution is 2.16. The largest absolute Gasteiger partial charge is 0.497 e. The molecule has 1 aromatic carbocycles. The minimum absolute atomic E-state index is 0.00326. The molecule has 4 nitrogen and oxygen atoms in total. The maximum atomic E-state index is 13.7. The van der Waals surface area contributed by atoms with Gasteiger partial charge >= 0.3 is 0 Å². The van der Waals surface area contributed by atoms with Crippen molar-refractivity contribution >= 4 is 21.8 Å². The summed E-state index contributed by atoms with van der Waals surface area (Å²) in [6.07, 6.45) is 0.706. The van der Waals surface area contributed by atoms with Crippen LogP contribution in [0.3, 0.4) is 0 Å². The number of hydrogen-bond donors (Lipinski definition) is 1. The van der Waals surface area contributed by atoms with Crippen molar-refractivity contribution in [3.05, 3.63) is 29.6 Å². The van der Waals surface area contributed by atoms with Crippen molar-refractivity contribution in [3.63, 3.8) is 0 Å². The van der Waals surface area contributed by atoms with Gasteiger partial charge in [-0.15, -0.1) is 0 Å². The summed E-state index contributed by atoms with van der Waals surface area (Å²) in [6.45, 7) is 0.384. The molecule has 0 spiro atoms. The molecule has 1 amide bonds. The summed E-state index contributed by atoms with van der Waals surface area (Å²) in [5.74, 6) is -0.682. The molecule has 0 aliphatic rings. The smallest absolute Gasteiger partial charge is 0.254 e. The van der Waals surface area contributed by atoms with Crippen LogP contribution in [0.2, 0.25) is 0 Å². The number of carbonyl (C=O) groups is 1. The lowest BCUT2D eigenvalue weighted by Gasteiger charge is -2.17. The first-order valence-corrected chi connectivity index (χ1v) is 6.93. The lowest BCUT2D eigenvalue weighted by atomic mass is 10.1. The van der Waals surface area contributed by atoms with Crippen LogP contribution >= 0.6 is 15.9 Å². The van der Waals surface area contributed by atoms with Gasteiger partial charge in [0, 0.05) is 18.5 Å². The minimum atomic E-state index is -0.605. The van der Waals surface area contributed by atoms with E-state index in [1.165, 1.54) is 19.2 Å². The van der Waals surface area contributed by atoms with Crippen LogP contribution in [0.15, 0.2) is 18.2 Å². The van der Waals surface area contributed by atoms with Crippen LogP contribution in [0.4, 0.5) is 4.39 Å². The predicted molar refractivity (Wildman–Crippen MR) is 74.5 cm³/mol. The highest BCUT2D eigenvalue weighted by Gasteiger charge is 2.16. The number of methoxy groups -OCH3 is 2. The Bertz CT molecular complexity index is 422. The number of ether oxygens (including phenoxy) is 2. The number of hydrogen-bond acceptors (Lipinski definition) is 3. The van der Waals surface area contributed by atoms with Crippen molar-refractivity contribution in [2.75, 3.05) is 26.2 Å². The zero-order valence-electron chi connectivity index (χ0n) is 10.9. The van der Waals surface area contributed by atoms with Crippen molar-refractivity contribution in [2.24, 2.45) is 0 Å². The van der Waals surface area contributed by atoms with Crippen LogP contribution in [-0.4, -0.2) is 38.1 Å². The van der Waals surface area contributed by atoms with Gasteiger partial charge < -0.3 is 14.8 Å². The topological polar surface area (TPSA) is 47.6 Å². The second-order valence-electron chi connectivity index (χ2n) is 3.95. The molecule has 0 saturated carbocycles. The average molecular weight is 334 g/mol. The number of nitrogens with one attached hydrogen (secondary N) is 1. The lowest BCUT2D eigenvalue weighted by Crippen LogP contribution is -2.38. The van der Waals surface area contributed by atoms with Gasteiger partial charge in [0.1, 0.15) is 11.6 Å². The summed E-state index contributed by atoms with van der Waals surface area (Å²) in [4.78, 5) is 12.0. The Morgan fingerprint density at radius 1 is 1.47 bits per heavy atom. The molecule has 1 rings (SSSR count). The van der Waals surface area contributed by atoms with Crippen LogP contribution in [0.25, 0.3) is 0 Å².